The van der Waals surface area contributed by atoms with Gasteiger partial charge in [-0.1, -0.05) is 13.8 Å². The minimum Gasteiger partial charge on any atom is -0.468 e. The largest absolute Gasteiger partial charge is 0.468 e. The van der Waals surface area contributed by atoms with E-state index >= 15 is 0 Å². The molecule has 1 N–H and O–H groups in total. The average Bonchev–Trinajstić information content (AvgIpc) is 2.31. The molecule has 0 aromatic rings. The van der Waals surface area contributed by atoms with Gasteiger partial charge in [-0.25, -0.2) is 0 Å². The number of ether oxygens (including phenoxy) is 1. The highest BCUT2D eigenvalue weighted by molar-refractivity contribution is 5.75. The van der Waals surface area contributed by atoms with E-state index in [2.05, 4.69) is 31.0 Å². The van der Waals surface area contributed by atoms with Crippen LogP contribution in [0.15, 0.2) is 0 Å². The molecule has 102 valence electrons. The zero-order valence-corrected chi connectivity index (χ0v) is 12.0. The van der Waals surface area contributed by atoms with Gasteiger partial charge in [-0.3, -0.25) is 4.79 Å². The van der Waals surface area contributed by atoms with Crippen LogP contribution < -0.4 is 5.32 Å². The summed E-state index contributed by atoms with van der Waals surface area (Å²) < 4.78 is 4.80. The monoisotopic (exact) mass is 244 g/mol. The van der Waals surface area contributed by atoms with Crippen LogP contribution in [0.25, 0.3) is 0 Å². The SMILES string of the molecule is CCCN(CCC(NCC)C(=O)OC)C(C)C. The number of likely N-dealkylation sites (N-methyl/N-ethyl adjacent to an activating group) is 1. The molecule has 0 aliphatic heterocycles. The van der Waals surface area contributed by atoms with Crippen molar-refractivity contribution in [3.8, 4) is 0 Å². The summed E-state index contributed by atoms with van der Waals surface area (Å²) in [6.45, 7) is 11.4. The van der Waals surface area contributed by atoms with Crippen LogP contribution in [0, 0.1) is 0 Å². The molecule has 0 spiro atoms. The van der Waals surface area contributed by atoms with Crippen LogP contribution in [0.5, 0.6) is 0 Å². The smallest absolute Gasteiger partial charge is 0.322 e. The molecule has 0 rings (SSSR count). The summed E-state index contributed by atoms with van der Waals surface area (Å²) >= 11 is 0. The number of esters is 1. The van der Waals surface area contributed by atoms with Crippen molar-refractivity contribution in [2.24, 2.45) is 0 Å². The summed E-state index contributed by atoms with van der Waals surface area (Å²) in [6.07, 6.45) is 1.95. The molecule has 0 radical (unpaired) electrons. The Kier molecular flexibility index (Phi) is 9.09. The molecule has 1 atom stereocenters. The number of carbonyl (C=O) groups is 1. The van der Waals surface area contributed by atoms with Gasteiger partial charge in [0.15, 0.2) is 0 Å². The minimum atomic E-state index is -0.178. The van der Waals surface area contributed by atoms with Crippen molar-refractivity contribution < 1.29 is 9.53 Å². The quantitative estimate of drug-likeness (QED) is 0.626. The Morgan fingerprint density at radius 3 is 2.35 bits per heavy atom. The minimum absolute atomic E-state index is 0.160. The molecule has 4 nitrogen and oxygen atoms in total. The zero-order chi connectivity index (χ0) is 13.3. The van der Waals surface area contributed by atoms with Gasteiger partial charge in [0.2, 0.25) is 0 Å². The summed E-state index contributed by atoms with van der Waals surface area (Å²) in [4.78, 5) is 13.9. The zero-order valence-electron chi connectivity index (χ0n) is 12.0. The average molecular weight is 244 g/mol. The topological polar surface area (TPSA) is 41.6 Å². The van der Waals surface area contributed by atoms with Crippen molar-refractivity contribution in [2.75, 3.05) is 26.7 Å². The van der Waals surface area contributed by atoms with Crippen LogP contribution in [0.2, 0.25) is 0 Å². The highest BCUT2D eigenvalue weighted by Crippen LogP contribution is 2.04. The Hall–Kier alpha value is -0.610. The molecule has 0 bridgehead atoms. The van der Waals surface area contributed by atoms with Crippen molar-refractivity contribution in [3.05, 3.63) is 0 Å². The molecule has 0 amide bonds. The van der Waals surface area contributed by atoms with E-state index in [-0.39, 0.29) is 12.0 Å². The fourth-order valence-corrected chi connectivity index (χ4v) is 1.90. The number of hydrogen-bond donors (Lipinski definition) is 1. The van der Waals surface area contributed by atoms with Gasteiger partial charge >= 0.3 is 5.97 Å². The number of methoxy groups -OCH3 is 1. The number of rotatable bonds is 9. The number of hydrogen-bond acceptors (Lipinski definition) is 4. The Labute approximate surface area is 106 Å². The molecule has 4 heteroatoms. The Bertz CT molecular complexity index is 208. The standard InChI is InChI=1S/C13H28N2O2/c1-6-9-15(11(3)4)10-8-12(14-7-2)13(16)17-5/h11-12,14H,6-10H2,1-5H3. The van der Waals surface area contributed by atoms with E-state index in [4.69, 9.17) is 4.74 Å². The first-order valence-electron chi connectivity index (χ1n) is 6.62. The van der Waals surface area contributed by atoms with Gasteiger partial charge in [0, 0.05) is 12.6 Å². The van der Waals surface area contributed by atoms with Gasteiger partial charge in [-0.05, 0) is 39.8 Å². The van der Waals surface area contributed by atoms with E-state index in [0.29, 0.717) is 6.04 Å². The molecular weight excluding hydrogens is 216 g/mol. The summed E-state index contributed by atoms with van der Waals surface area (Å²) in [5.41, 5.74) is 0. The second-order valence-corrected chi connectivity index (χ2v) is 4.55. The molecular formula is C13H28N2O2. The van der Waals surface area contributed by atoms with Gasteiger partial charge in [0.05, 0.1) is 7.11 Å². The van der Waals surface area contributed by atoms with Crippen LogP contribution in [0.4, 0.5) is 0 Å². The molecule has 0 saturated carbocycles. The van der Waals surface area contributed by atoms with Crippen molar-refractivity contribution in [2.45, 2.75) is 52.6 Å². The molecule has 0 heterocycles. The van der Waals surface area contributed by atoms with Gasteiger partial charge in [-0.2, -0.15) is 0 Å². The second-order valence-electron chi connectivity index (χ2n) is 4.55. The molecule has 0 aliphatic rings. The van der Waals surface area contributed by atoms with Crippen molar-refractivity contribution in [3.63, 3.8) is 0 Å². The van der Waals surface area contributed by atoms with E-state index < -0.39 is 0 Å². The lowest BCUT2D eigenvalue weighted by molar-refractivity contribution is -0.143. The predicted octanol–water partition coefficient (Wildman–Crippen LogP) is 1.65. The summed E-state index contributed by atoms with van der Waals surface area (Å²) in [5, 5.41) is 3.17. The fourth-order valence-electron chi connectivity index (χ4n) is 1.90. The van der Waals surface area contributed by atoms with Crippen molar-refractivity contribution in [1.29, 1.82) is 0 Å². The number of carbonyl (C=O) groups excluding carboxylic acids is 1. The van der Waals surface area contributed by atoms with Gasteiger partial charge in [0.1, 0.15) is 6.04 Å². The molecule has 0 fully saturated rings. The van der Waals surface area contributed by atoms with Crippen LogP contribution >= 0.6 is 0 Å². The third kappa shape index (κ3) is 6.64. The lowest BCUT2D eigenvalue weighted by Crippen LogP contribution is -2.42. The Balaban J connectivity index is 4.20. The Morgan fingerprint density at radius 2 is 1.94 bits per heavy atom. The fraction of sp³-hybridized carbons (Fsp3) is 0.923. The maximum absolute atomic E-state index is 11.5. The lowest BCUT2D eigenvalue weighted by Gasteiger charge is -2.27. The second kappa shape index (κ2) is 9.42. The molecule has 1 unspecified atom stereocenters. The van der Waals surface area contributed by atoms with Crippen molar-refractivity contribution >= 4 is 5.97 Å². The highest BCUT2D eigenvalue weighted by Gasteiger charge is 2.19. The normalized spacial score (nSPS) is 13.1. The highest BCUT2D eigenvalue weighted by atomic mass is 16.5. The van der Waals surface area contributed by atoms with E-state index in [9.17, 15) is 4.79 Å². The van der Waals surface area contributed by atoms with Crippen LogP contribution in [-0.4, -0.2) is 49.7 Å². The van der Waals surface area contributed by atoms with Gasteiger partial charge in [-0.15, -0.1) is 0 Å². The number of nitrogens with zero attached hydrogens (tertiary/aromatic N) is 1. The number of nitrogens with one attached hydrogen (secondary N) is 1. The lowest BCUT2D eigenvalue weighted by atomic mass is 10.1. The molecule has 0 saturated heterocycles. The predicted molar refractivity (Wildman–Crippen MR) is 71.1 cm³/mol. The van der Waals surface area contributed by atoms with Gasteiger partial charge < -0.3 is 15.0 Å². The first-order chi connectivity index (χ1) is 8.06. The molecule has 0 aromatic heterocycles. The third-order valence-corrected chi connectivity index (χ3v) is 2.88. The first-order valence-corrected chi connectivity index (χ1v) is 6.62. The maximum Gasteiger partial charge on any atom is 0.322 e. The van der Waals surface area contributed by atoms with E-state index in [1.165, 1.54) is 7.11 Å². The summed E-state index contributed by atoms with van der Waals surface area (Å²) in [6, 6.07) is 0.345. The Morgan fingerprint density at radius 1 is 1.29 bits per heavy atom. The molecule has 0 aromatic carbocycles. The summed E-state index contributed by atoms with van der Waals surface area (Å²) in [5.74, 6) is -0.160. The van der Waals surface area contributed by atoms with E-state index in [0.717, 1.165) is 32.5 Å². The third-order valence-electron chi connectivity index (χ3n) is 2.88. The van der Waals surface area contributed by atoms with Gasteiger partial charge in [0.25, 0.3) is 0 Å². The van der Waals surface area contributed by atoms with Crippen LogP contribution in [0.1, 0.15) is 40.5 Å². The van der Waals surface area contributed by atoms with Crippen LogP contribution in [0.3, 0.4) is 0 Å². The van der Waals surface area contributed by atoms with Crippen LogP contribution in [-0.2, 0) is 9.53 Å². The molecule has 17 heavy (non-hydrogen) atoms. The summed E-state index contributed by atoms with van der Waals surface area (Å²) in [7, 11) is 1.44. The van der Waals surface area contributed by atoms with E-state index in [1.54, 1.807) is 0 Å². The molecule has 0 aliphatic carbocycles. The first kappa shape index (κ1) is 16.4. The van der Waals surface area contributed by atoms with E-state index in [1.807, 2.05) is 6.92 Å². The maximum atomic E-state index is 11.5. The van der Waals surface area contributed by atoms with Crippen molar-refractivity contribution in [1.82, 2.24) is 10.2 Å².